The second-order valence-corrected chi connectivity index (χ2v) is 13.2. The van der Waals surface area contributed by atoms with Crippen molar-refractivity contribution in [2.45, 2.75) is 30.9 Å². The van der Waals surface area contributed by atoms with Crippen molar-refractivity contribution in [2.75, 3.05) is 37.7 Å². The topological polar surface area (TPSA) is 133 Å². The van der Waals surface area contributed by atoms with Crippen molar-refractivity contribution in [3.63, 3.8) is 0 Å². The van der Waals surface area contributed by atoms with Crippen molar-refractivity contribution in [1.29, 1.82) is 0 Å². The number of halogens is 1. The first-order chi connectivity index (χ1) is 16.7. The summed E-state index contributed by atoms with van der Waals surface area (Å²) in [6, 6.07) is 9.61. The van der Waals surface area contributed by atoms with Gasteiger partial charge >= 0.3 is 0 Å². The lowest BCUT2D eigenvalue weighted by Crippen LogP contribution is -2.50. The van der Waals surface area contributed by atoms with Crippen LogP contribution in [0.25, 0.3) is 0 Å². The Morgan fingerprint density at radius 2 is 1.83 bits per heavy atom. The second kappa shape index (κ2) is 10.9. The summed E-state index contributed by atoms with van der Waals surface area (Å²) < 4.78 is 59.4. The molecule has 0 saturated heterocycles. The van der Waals surface area contributed by atoms with E-state index in [1.807, 2.05) is 6.92 Å². The molecule has 198 valence electrons. The molecule has 1 aliphatic heterocycles. The number of rotatable bonds is 8. The SMILES string of the molecule is C[C@H](CO)N1C[C@H](C)[C@@H](CN(C)S(=O)(=O)c2ccc(Cl)cc2)Oc2ccc(NS(C)(=O)=O)cc2C1=O. The number of anilines is 1. The summed E-state index contributed by atoms with van der Waals surface area (Å²) in [6.45, 7) is 3.40. The molecule has 2 aromatic carbocycles. The van der Waals surface area contributed by atoms with E-state index < -0.39 is 38.1 Å². The van der Waals surface area contributed by atoms with Crippen molar-refractivity contribution in [3.8, 4) is 5.75 Å². The number of carbonyl (C=O) groups is 1. The summed E-state index contributed by atoms with van der Waals surface area (Å²) >= 11 is 5.89. The number of hydrogen-bond acceptors (Lipinski definition) is 7. The Morgan fingerprint density at radius 1 is 1.19 bits per heavy atom. The molecular formula is C23H30ClN3O7S2. The first-order valence-electron chi connectivity index (χ1n) is 11.1. The summed E-state index contributed by atoms with van der Waals surface area (Å²) in [6.07, 6.45) is 0.336. The molecule has 0 spiro atoms. The number of aliphatic hydroxyl groups excluding tert-OH is 1. The standard InChI is InChI=1S/C23H30ClN3O7S2/c1-15-12-27(16(2)14-28)23(29)20-11-18(25-35(4,30)31)7-10-21(20)34-22(15)13-26(3)36(32,33)19-8-5-17(24)6-9-19/h5-11,15-16,22,25,28H,12-14H2,1-4H3/t15-,16+,22+/m0/s1. The Morgan fingerprint density at radius 3 is 2.42 bits per heavy atom. The van der Waals surface area contributed by atoms with Crippen molar-refractivity contribution in [3.05, 3.63) is 53.1 Å². The molecule has 0 radical (unpaired) electrons. The highest BCUT2D eigenvalue weighted by atomic mass is 35.5. The van der Waals surface area contributed by atoms with Gasteiger partial charge in [-0.15, -0.1) is 0 Å². The molecular weight excluding hydrogens is 530 g/mol. The number of fused-ring (bicyclic) bond motifs is 1. The number of aliphatic hydroxyl groups is 1. The minimum Gasteiger partial charge on any atom is -0.488 e. The van der Waals surface area contributed by atoms with Crippen LogP contribution in [-0.4, -0.2) is 82.2 Å². The molecule has 1 amide bonds. The number of ether oxygens (including phenoxy) is 1. The van der Waals surface area contributed by atoms with Crippen molar-refractivity contribution in [2.24, 2.45) is 5.92 Å². The molecule has 0 unspecified atom stereocenters. The van der Waals surface area contributed by atoms with Crippen LogP contribution in [0.4, 0.5) is 5.69 Å². The molecule has 2 aromatic rings. The summed E-state index contributed by atoms with van der Waals surface area (Å²) in [5, 5.41) is 10.2. The second-order valence-electron chi connectivity index (χ2n) is 8.95. The number of benzene rings is 2. The van der Waals surface area contributed by atoms with Crippen LogP contribution < -0.4 is 9.46 Å². The van der Waals surface area contributed by atoms with Crippen LogP contribution in [0, 0.1) is 5.92 Å². The molecule has 2 N–H and O–H groups in total. The van der Waals surface area contributed by atoms with E-state index in [2.05, 4.69) is 4.72 Å². The van der Waals surface area contributed by atoms with Crippen LogP contribution in [0.3, 0.4) is 0 Å². The number of sulfonamides is 2. The zero-order chi connectivity index (χ0) is 26.8. The van der Waals surface area contributed by atoms with E-state index in [1.165, 1.54) is 58.7 Å². The maximum absolute atomic E-state index is 13.4. The average Bonchev–Trinajstić information content (AvgIpc) is 2.80. The Bertz CT molecular complexity index is 1320. The van der Waals surface area contributed by atoms with E-state index >= 15 is 0 Å². The highest BCUT2D eigenvalue weighted by molar-refractivity contribution is 7.92. The van der Waals surface area contributed by atoms with Gasteiger partial charge in [0.25, 0.3) is 5.91 Å². The van der Waals surface area contributed by atoms with Gasteiger partial charge in [0.05, 0.1) is 35.9 Å². The van der Waals surface area contributed by atoms with Gasteiger partial charge in [0.1, 0.15) is 11.9 Å². The van der Waals surface area contributed by atoms with E-state index in [1.54, 1.807) is 6.92 Å². The van der Waals surface area contributed by atoms with Gasteiger partial charge in [-0.3, -0.25) is 9.52 Å². The van der Waals surface area contributed by atoms with Crippen LogP contribution in [0.5, 0.6) is 5.75 Å². The van der Waals surface area contributed by atoms with Crippen LogP contribution in [0.2, 0.25) is 5.02 Å². The zero-order valence-electron chi connectivity index (χ0n) is 20.4. The minimum atomic E-state index is -3.85. The third-order valence-corrected chi connectivity index (χ3v) is 8.62. The van der Waals surface area contributed by atoms with Crippen LogP contribution in [-0.2, 0) is 20.0 Å². The van der Waals surface area contributed by atoms with E-state index in [-0.39, 0.29) is 47.5 Å². The van der Waals surface area contributed by atoms with Gasteiger partial charge in [0.2, 0.25) is 20.0 Å². The fourth-order valence-electron chi connectivity index (χ4n) is 3.86. The third kappa shape index (κ3) is 6.48. The summed E-state index contributed by atoms with van der Waals surface area (Å²) in [5.74, 6) is -0.563. The highest BCUT2D eigenvalue weighted by Gasteiger charge is 2.35. The predicted molar refractivity (Wildman–Crippen MR) is 137 cm³/mol. The normalized spacial score (nSPS) is 19.8. The smallest absolute Gasteiger partial charge is 0.258 e. The number of carbonyl (C=O) groups excluding carboxylic acids is 1. The first kappa shape index (κ1) is 28.2. The summed E-state index contributed by atoms with van der Waals surface area (Å²) in [7, 11) is -6.00. The molecule has 36 heavy (non-hydrogen) atoms. The lowest BCUT2D eigenvalue weighted by Gasteiger charge is -2.38. The Labute approximate surface area is 216 Å². The monoisotopic (exact) mass is 559 g/mol. The van der Waals surface area contributed by atoms with E-state index in [4.69, 9.17) is 16.3 Å². The molecule has 0 saturated carbocycles. The molecule has 10 nitrogen and oxygen atoms in total. The zero-order valence-corrected chi connectivity index (χ0v) is 22.8. The van der Waals surface area contributed by atoms with E-state index in [0.29, 0.717) is 5.02 Å². The molecule has 0 bridgehead atoms. The lowest BCUT2D eigenvalue weighted by molar-refractivity contribution is 0.0387. The van der Waals surface area contributed by atoms with Gasteiger partial charge in [-0.1, -0.05) is 18.5 Å². The molecule has 0 aliphatic carbocycles. The van der Waals surface area contributed by atoms with Gasteiger partial charge in [0, 0.05) is 30.2 Å². The van der Waals surface area contributed by atoms with Gasteiger partial charge in [-0.25, -0.2) is 16.8 Å². The third-order valence-electron chi connectivity index (χ3n) is 5.93. The molecule has 0 fully saturated rings. The molecule has 0 aromatic heterocycles. The van der Waals surface area contributed by atoms with Crippen LogP contribution in [0.15, 0.2) is 47.4 Å². The predicted octanol–water partition coefficient (Wildman–Crippen LogP) is 2.25. The van der Waals surface area contributed by atoms with Crippen molar-refractivity contribution >= 4 is 43.2 Å². The Kier molecular flexibility index (Phi) is 8.56. The Hall–Kier alpha value is -2.38. The maximum atomic E-state index is 13.4. The summed E-state index contributed by atoms with van der Waals surface area (Å²) in [5.41, 5.74) is 0.279. The van der Waals surface area contributed by atoms with Gasteiger partial charge in [-0.05, 0) is 49.4 Å². The molecule has 1 aliphatic rings. The number of nitrogens with zero attached hydrogens (tertiary/aromatic N) is 2. The first-order valence-corrected chi connectivity index (χ1v) is 14.9. The molecule has 3 atom stereocenters. The number of hydrogen-bond donors (Lipinski definition) is 2. The fraction of sp³-hybridized carbons (Fsp3) is 0.435. The molecule has 13 heteroatoms. The van der Waals surface area contributed by atoms with Gasteiger partial charge in [-0.2, -0.15) is 4.31 Å². The molecule has 3 rings (SSSR count). The molecule has 1 heterocycles. The van der Waals surface area contributed by atoms with E-state index in [9.17, 15) is 26.7 Å². The highest BCUT2D eigenvalue weighted by Crippen LogP contribution is 2.31. The fourth-order valence-corrected chi connectivity index (χ4v) is 5.72. The van der Waals surface area contributed by atoms with Gasteiger partial charge in [0.15, 0.2) is 0 Å². The van der Waals surface area contributed by atoms with E-state index in [0.717, 1.165) is 6.26 Å². The summed E-state index contributed by atoms with van der Waals surface area (Å²) in [4.78, 5) is 15.0. The van der Waals surface area contributed by atoms with Crippen LogP contribution >= 0.6 is 11.6 Å². The van der Waals surface area contributed by atoms with Crippen LogP contribution in [0.1, 0.15) is 24.2 Å². The Balaban J connectivity index is 1.99. The average molecular weight is 560 g/mol. The van der Waals surface area contributed by atoms with Gasteiger partial charge < -0.3 is 14.7 Å². The number of likely N-dealkylation sites (N-methyl/N-ethyl adjacent to an activating group) is 1. The lowest BCUT2D eigenvalue weighted by atomic mass is 9.99. The quantitative estimate of drug-likeness (QED) is 0.506. The minimum absolute atomic E-state index is 0.0234. The van der Waals surface area contributed by atoms with Crippen molar-refractivity contribution in [1.82, 2.24) is 9.21 Å². The number of nitrogens with one attached hydrogen (secondary N) is 1. The largest absolute Gasteiger partial charge is 0.488 e. The maximum Gasteiger partial charge on any atom is 0.258 e. The van der Waals surface area contributed by atoms with Crippen molar-refractivity contribution < 1.29 is 31.5 Å². The number of amides is 1.